The molecular weight excluding hydrogens is 1100 g/mol. The molecule has 4 saturated carbocycles. The normalized spacial score (nSPS) is 30.3. The second-order valence-corrected chi connectivity index (χ2v) is 36.5. The minimum absolute atomic E-state index is 0.147. The van der Waals surface area contributed by atoms with Crippen LogP contribution in [0.3, 0.4) is 0 Å². The van der Waals surface area contributed by atoms with E-state index in [0.717, 1.165) is 122 Å². The Morgan fingerprint density at radius 1 is 0.552 bits per heavy atom. The fourth-order valence-corrected chi connectivity index (χ4v) is 17.8. The molecule has 14 atom stereocenters. The molecule has 87 heavy (non-hydrogen) atoms. The van der Waals surface area contributed by atoms with E-state index in [-0.39, 0.29) is 22.2 Å². The van der Waals surface area contributed by atoms with Gasteiger partial charge in [0.05, 0.1) is 79.3 Å². The van der Waals surface area contributed by atoms with Crippen LogP contribution in [0.5, 0.6) is 11.5 Å². The molecule has 6 fully saturated rings. The van der Waals surface area contributed by atoms with Gasteiger partial charge in [0.15, 0.2) is 8.32 Å². The molecule has 0 amide bonds. The largest absolute Gasteiger partial charge is 0.507 e. The predicted molar refractivity (Wildman–Crippen MR) is 356 cm³/mol. The minimum Gasteiger partial charge on any atom is -0.507 e. The van der Waals surface area contributed by atoms with Crippen LogP contribution < -0.4 is 0 Å². The number of methoxy groups -OCH3 is 1. The standard InChI is InChI=1S/C33H46O2.C17H30O2Si.C15H26O4.C11H16O2/c1-19-13-22(16-25(29(19)34)31(2,3)4)28(24-15-20-11-12-21(24)14-20)23-17-26(32(5,6)7)30(35)27(18-23)33(8,9)10;1-4-17(11-18-12-17)13-19-20(2,3)8-7-16-10-14-5-6-15(16)9-14;1-16-4-5-17-6-7-18-8-9-19-12-15-11-13-2-3-14(15)10-13;1-2-9-3-8(1)4-10(9)5-12-6-11-7-13-11/h11-13,16-18,20-21,24,28,34-35H,14-15H2,1-10H3;5-6,14-16H,4,7-13H2,1-3H3;2-3,13-15H,4-12H2,1H3;1-2,8-11H,3-7H2. The Morgan fingerprint density at radius 3 is 1.41 bits per heavy atom. The topological polar surface area (TPSA) is 118 Å². The van der Waals surface area contributed by atoms with Gasteiger partial charge in [-0.25, -0.2) is 0 Å². The Morgan fingerprint density at radius 2 is 1.00 bits per heavy atom. The van der Waals surface area contributed by atoms with Gasteiger partial charge in [0.2, 0.25) is 0 Å². The Kier molecular flexibility index (Phi) is 23.3. The van der Waals surface area contributed by atoms with Gasteiger partial charge in [0.25, 0.3) is 0 Å². The lowest BCUT2D eigenvalue weighted by Crippen LogP contribution is -2.48. The van der Waals surface area contributed by atoms with Gasteiger partial charge in [0.1, 0.15) is 17.6 Å². The third-order valence-corrected chi connectivity index (χ3v) is 24.0. The molecule has 2 aliphatic heterocycles. The number of aryl methyl sites for hydroxylation is 1. The fourth-order valence-electron chi connectivity index (χ4n) is 15.9. The van der Waals surface area contributed by atoms with Crippen molar-refractivity contribution < 1.29 is 47.8 Å². The van der Waals surface area contributed by atoms with Crippen molar-refractivity contribution in [1.29, 1.82) is 0 Å². The van der Waals surface area contributed by atoms with E-state index in [2.05, 4.69) is 155 Å². The first-order valence-electron chi connectivity index (χ1n) is 34.4. The van der Waals surface area contributed by atoms with Crippen LogP contribution in [-0.2, 0) is 53.8 Å². The lowest BCUT2D eigenvalue weighted by Gasteiger charge is -2.42. The number of fused-ring (bicyclic) bond motifs is 8. The average Bonchev–Trinajstić information content (AvgIpc) is 1.80. The monoisotopic (exact) mass is 1220 g/mol. The number of epoxide rings is 1. The van der Waals surface area contributed by atoms with Crippen LogP contribution in [0.2, 0.25) is 19.1 Å². The molecule has 0 aromatic heterocycles. The van der Waals surface area contributed by atoms with E-state index in [9.17, 15) is 10.2 Å². The Hall–Kier alpha value is -3.10. The van der Waals surface area contributed by atoms with Crippen molar-refractivity contribution in [2.75, 3.05) is 93.0 Å². The molecule has 10 nitrogen and oxygen atoms in total. The van der Waals surface area contributed by atoms with Gasteiger partial charge in [-0.1, -0.05) is 149 Å². The Bertz CT molecular complexity index is 2600. The predicted octanol–water partition coefficient (Wildman–Crippen LogP) is 16.4. The number of benzene rings is 2. The van der Waals surface area contributed by atoms with Gasteiger partial charge >= 0.3 is 0 Å². The smallest absolute Gasteiger partial charge is 0.186 e. The van der Waals surface area contributed by atoms with Crippen molar-refractivity contribution in [3.05, 3.63) is 106 Å². The Labute approximate surface area is 528 Å². The van der Waals surface area contributed by atoms with Crippen LogP contribution in [0.4, 0.5) is 0 Å². The average molecular weight is 1220 g/mol. The number of aromatic hydroxyl groups is 2. The second-order valence-electron chi connectivity index (χ2n) is 32.2. The number of phenolic OH excluding ortho intramolecular Hbond substituents is 2. The molecule has 2 aromatic carbocycles. The van der Waals surface area contributed by atoms with E-state index >= 15 is 0 Å². The maximum absolute atomic E-state index is 11.4. The first-order chi connectivity index (χ1) is 41.3. The molecule has 0 radical (unpaired) electrons. The van der Waals surface area contributed by atoms with Gasteiger partial charge in [-0.3, -0.25) is 0 Å². The van der Waals surface area contributed by atoms with Crippen LogP contribution in [0.1, 0.15) is 173 Å². The summed E-state index contributed by atoms with van der Waals surface area (Å²) in [4.78, 5) is 0. The van der Waals surface area contributed by atoms with Crippen molar-refractivity contribution in [1.82, 2.24) is 0 Å². The lowest BCUT2D eigenvalue weighted by atomic mass is 9.70. The number of rotatable bonds is 25. The third kappa shape index (κ3) is 18.4. The molecule has 10 aliphatic rings. The molecule has 14 unspecified atom stereocenters. The number of hydrogen-bond acceptors (Lipinski definition) is 10. The van der Waals surface area contributed by atoms with Gasteiger partial charge in [-0.05, 0) is 204 Å². The molecule has 8 aliphatic carbocycles. The molecular formula is C76H118O10Si. The van der Waals surface area contributed by atoms with E-state index in [0.29, 0.717) is 80.4 Å². The highest BCUT2D eigenvalue weighted by Crippen LogP contribution is 2.55. The highest BCUT2D eigenvalue weighted by atomic mass is 28.4. The molecule has 2 aromatic rings. The molecule has 486 valence electrons. The third-order valence-electron chi connectivity index (χ3n) is 21.6. The van der Waals surface area contributed by atoms with Gasteiger partial charge in [0, 0.05) is 25.0 Å². The van der Waals surface area contributed by atoms with Crippen molar-refractivity contribution in [2.24, 2.45) is 76.4 Å². The van der Waals surface area contributed by atoms with Crippen molar-refractivity contribution >= 4 is 8.32 Å². The molecule has 0 spiro atoms. The number of hydrogen-bond donors (Lipinski definition) is 2. The van der Waals surface area contributed by atoms with E-state index in [4.69, 9.17) is 37.6 Å². The first-order valence-corrected chi connectivity index (χ1v) is 37.5. The summed E-state index contributed by atoms with van der Waals surface area (Å²) >= 11 is 0. The quantitative estimate of drug-likeness (QED) is 0.0431. The molecule has 2 N–H and O–H groups in total. The fraction of sp³-hybridized carbons (Fsp3) is 0.737. The molecule has 2 saturated heterocycles. The number of allylic oxidation sites excluding steroid dienone is 8. The minimum atomic E-state index is -1.49. The maximum Gasteiger partial charge on any atom is 0.186 e. The lowest BCUT2D eigenvalue weighted by molar-refractivity contribution is -0.135. The van der Waals surface area contributed by atoms with E-state index in [1.54, 1.807) is 7.11 Å². The van der Waals surface area contributed by atoms with Crippen molar-refractivity contribution in [3.8, 4) is 11.5 Å². The summed E-state index contributed by atoms with van der Waals surface area (Å²) in [5.74, 6) is 10.5. The van der Waals surface area contributed by atoms with Crippen LogP contribution in [0.15, 0.2) is 72.9 Å². The second kappa shape index (κ2) is 29.7. The zero-order valence-corrected chi connectivity index (χ0v) is 57.6. The van der Waals surface area contributed by atoms with E-state index in [1.807, 2.05) is 6.92 Å². The van der Waals surface area contributed by atoms with Crippen LogP contribution in [-0.4, -0.2) is 118 Å². The summed E-state index contributed by atoms with van der Waals surface area (Å²) in [6.07, 6.45) is 33.0. The zero-order chi connectivity index (χ0) is 62.3. The summed E-state index contributed by atoms with van der Waals surface area (Å²) in [6.45, 7) is 39.0. The van der Waals surface area contributed by atoms with E-state index < -0.39 is 8.32 Å². The van der Waals surface area contributed by atoms with Crippen LogP contribution in [0.25, 0.3) is 0 Å². The summed E-state index contributed by atoms with van der Waals surface area (Å²) < 4.78 is 43.8. The molecule has 12 rings (SSSR count). The summed E-state index contributed by atoms with van der Waals surface area (Å²) in [6, 6.07) is 10.4. The first kappa shape index (κ1) is 68.3. The summed E-state index contributed by atoms with van der Waals surface area (Å²) in [7, 11) is 0.183. The van der Waals surface area contributed by atoms with Crippen LogP contribution >= 0.6 is 0 Å². The summed E-state index contributed by atoms with van der Waals surface area (Å²) in [5.41, 5.74) is 6.47. The molecule has 8 bridgehead atoms. The summed E-state index contributed by atoms with van der Waals surface area (Å²) in [5, 5.41) is 22.4. The number of phenols is 2. The number of ether oxygens (including phenoxy) is 7. The van der Waals surface area contributed by atoms with E-state index in [1.165, 1.54) is 81.4 Å². The highest BCUT2D eigenvalue weighted by Gasteiger charge is 2.44. The maximum atomic E-state index is 11.4. The Balaban J connectivity index is 0.000000148. The highest BCUT2D eigenvalue weighted by molar-refractivity contribution is 6.71. The SMILES string of the molecule is C1=CC2CC1CC2COCC1CO1.CCC1(CO[Si](C)(C)CCC2CC3C=CC2C3)COC1.COCCOCCOCCOCC1CC2C=CC1C2.Cc1cc(C(c2cc(C(C)(C)C)c(O)c(C(C)(C)C)c2)C2CC3C=CC2C3)cc(C(C)(C)C)c1O. The molecule has 11 heteroatoms. The molecule has 2 heterocycles. The van der Waals surface area contributed by atoms with Gasteiger partial charge < -0.3 is 47.8 Å². The zero-order valence-electron chi connectivity index (χ0n) is 56.6. The van der Waals surface area contributed by atoms with Crippen LogP contribution in [0, 0.1) is 83.4 Å². The van der Waals surface area contributed by atoms with Gasteiger partial charge in [-0.2, -0.15) is 0 Å². The van der Waals surface area contributed by atoms with Gasteiger partial charge in [-0.15, -0.1) is 0 Å². The van der Waals surface area contributed by atoms with Crippen molar-refractivity contribution in [3.63, 3.8) is 0 Å². The van der Waals surface area contributed by atoms with Crippen molar-refractivity contribution in [2.45, 2.75) is 188 Å².